The lowest BCUT2D eigenvalue weighted by atomic mass is 9.95. The predicted octanol–water partition coefficient (Wildman–Crippen LogP) is 4.37. The Morgan fingerprint density at radius 1 is 1.18 bits per heavy atom. The number of rotatable bonds is 5. The summed E-state index contributed by atoms with van der Waals surface area (Å²) in [5, 5.41) is 25.6. The fourth-order valence-corrected chi connectivity index (χ4v) is 8.05. The Labute approximate surface area is 254 Å². The third-order valence-electron chi connectivity index (χ3n) is 10.1. The Bertz CT molecular complexity index is 1890. The van der Waals surface area contributed by atoms with Crippen molar-refractivity contribution in [2.24, 2.45) is 5.92 Å². The predicted molar refractivity (Wildman–Crippen MR) is 165 cm³/mol. The van der Waals surface area contributed by atoms with Crippen molar-refractivity contribution in [3.63, 3.8) is 0 Å². The number of phenols is 1. The number of nitrogens with zero attached hydrogens (tertiary/aromatic N) is 6. The number of anilines is 1. The van der Waals surface area contributed by atoms with Crippen LogP contribution in [0.15, 0.2) is 36.5 Å². The maximum absolute atomic E-state index is 16.8. The number of ether oxygens (including phenoxy) is 1. The van der Waals surface area contributed by atoms with Crippen molar-refractivity contribution in [2.75, 3.05) is 37.7 Å². The molecule has 10 heteroatoms. The molecule has 0 radical (unpaired) electrons. The minimum absolute atomic E-state index is 0.00419. The molecule has 44 heavy (non-hydrogen) atoms. The molecule has 2 N–H and O–H groups in total. The van der Waals surface area contributed by atoms with Gasteiger partial charge in [-0.25, -0.2) is 4.39 Å². The highest BCUT2D eigenvalue weighted by atomic mass is 19.1. The molecule has 2 aromatic heterocycles. The number of terminal acetylenes is 1. The first-order chi connectivity index (χ1) is 21.5. The van der Waals surface area contributed by atoms with Gasteiger partial charge in [0.25, 0.3) is 0 Å². The average molecular weight is 590 g/mol. The van der Waals surface area contributed by atoms with Gasteiger partial charge >= 0.3 is 6.01 Å². The number of hydrogen-bond donors (Lipinski definition) is 2. The highest BCUT2D eigenvalue weighted by molar-refractivity contribution is 6.02. The van der Waals surface area contributed by atoms with Gasteiger partial charge in [-0.05, 0) is 68.8 Å². The van der Waals surface area contributed by atoms with Crippen LogP contribution in [0.1, 0.15) is 37.7 Å². The lowest BCUT2D eigenvalue weighted by molar-refractivity contribution is 0.108. The minimum atomic E-state index is -0.635. The van der Waals surface area contributed by atoms with E-state index in [2.05, 4.69) is 37.1 Å². The first kappa shape index (κ1) is 27.1. The van der Waals surface area contributed by atoms with Gasteiger partial charge in [0.2, 0.25) is 0 Å². The molecule has 2 bridgehead atoms. The highest BCUT2D eigenvalue weighted by Crippen LogP contribution is 2.41. The van der Waals surface area contributed by atoms with E-state index in [9.17, 15) is 10.4 Å². The van der Waals surface area contributed by atoms with E-state index in [4.69, 9.17) is 16.1 Å². The van der Waals surface area contributed by atoms with Crippen LogP contribution in [0.3, 0.4) is 0 Å². The first-order valence-electron chi connectivity index (χ1n) is 15.3. The van der Waals surface area contributed by atoms with Crippen LogP contribution in [0.25, 0.3) is 32.9 Å². The van der Waals surface area contributed by atoms with E-state index in [1.807, 2.05) is 6.07 Å². The number of phenolic OH excluding ortho intramolecular Hbond substituents is 1. The van der Waals surface area contributed by atoms with E-state index in [1.165, 1.54) is 6.07 Å². The van der Waals surface area contributed by atoms with Crippen molar-refractivity contribution in [3.05, 3.63) is 47.9 Å². The summed E-state index contributed by atoms with van der Waals surface area (Å²) in [5.74, 6) is 2.49. The van der Waals surface area contributed by atoms with Gasteiger partial charge in [-0.3, -0.25) is 9.88 Å². The Kier molecular flexibility index (Phi) is 6.33. The molecule has 0 amide bonds. The molecule has 8 rings (SSSR count). The molecule has 4 aromatic rings. The third kappa shape index (κ3) is 4.24. The molecule has 4 aliphatic rings. The summed E-state index contributed by atoms with van der Waals surface area (Å²) in [6, 6.07) is 11.2. The van der Waals surface area contributed by atoms with E-state index in [1.54, 1.807) is 24.4 Å². The fourth-order valence-electron chi connectivity index (χ4n) is 8.05. The number of aromatic nitrogens is 3. The monoisotopic (exact) mass is 589 g/mol. The van der Waals surface area contributed by atoms with Crippen LogP contribution in [0.2, 0.25) is 0 Å². The summed E-state index contributed by atoms with van der Waals surface area (Å²) in [6.07, 6.45) is 12.6. The van der Waals surface area contributed by atoms with Gasteiger partial charge in [-0.2, -0.15) is 15.2 Å². The number of halogens is 1. The van der Waals surface area contributed by atoms with E-state index < -0.39 is 5.82 Å². The van der Waals surface area contributed by atoms with Gasteiger partial charge in [-0.15, -0.1) is 6.42 Å². The quantitative estimate of drug-likeness (QED) is 0.328. The molecule has 4 fully saturated rings. The molecule has 9 nitrogen and oxygen atoms in total. The topological polar surface area (TPSA) is 110 Å². The molecular weight excluding hydrogens is 557 g/mol. The van der Waals surface area contributed by atoms with Crippen molar-refractivity contribution >= 4 is 27.5 Å². The molecule has 0 aliphatic carbocycles. The molecule has 4 saturated heterocycles. The second kappa shape index (κ2) is 10.3. The smallest absolute Gasteiger partial charge is 0.319 e. The Morgan fingerprint density at radius 2 is 2.02 bits per heavy atom. The fraction of sp³-hybridized carbons (Fsp3) is 0.412. The number of benzene rings is 2. The molecule has 0 saturated carbocycles. The number of fused-ring (bicyclic) bond motifs is 5. The van der Waals surface area contributed by atoms with Gasteiger partial charge < -0.3 is 20.1 Å². The second-order valence-electron chi connectivity index (χ2n) is 12.6. The van der Waals surface area contributed by atoms with Crippen molar-refractivity contribution in [3.8, 4) is 41.4 Å². The Hall–Kier alpha value is -4.51. The van der Waals surface area contributed by atoms with Crippen LogP contribution in [0.5, 0.6) is 11.8 Å². The maximum Gasteiger partial charge on any atom is 0.319 e. The van der Waals surface area contributed by atoms with Gasteiger partial charge in [-0.1, -0.05) is 18.1 Å². The number of piperazine rings is 1. The summed E-state index contributed by atoms with van der Waals surface area (Å²) in [4.78, 5) is 18.7. The SMILES string of the molecule is C#Cc1cccc2cc(O)cc(-c3ncc4c(N5CC6CC(C#N)C(C5)N6)nc(OCC56CCCN5CCC6)nc4c3F)c12. The van der Waals surface area contributed by atoms with Gasteiger partial charge in [0.15, 0.2) is 5.82 Å². The Morgan fingerprint density at radius 3 is 2.82 bits per heavy atom. The molecule has 3 atom stereocenters. The molecule has 6 heterocycles. The van der Waals surface area contributed by atoms with Crippen LogP contribution in [0, 0.1) is 35.4 Å². The molecule has 4 aliphatic heterocycles. The van der Waals surface area contributed by atoms with Gasteiger partial charge in [0.1, 0.15) is 29.4 Å². The van der Waals surface area contributed by atoms with Crippen LogP contribution >= 0.6 is 0 Å². The van der Waals surface area contributed by atoms with Crippen molar-refractivity contribution in [2.45, 2.75) is 49.7 Å². The first-order valence-corrected chi connectivity index (χ1v) is 15.3. The summed E-state index contributed by atoms with van der Waals surface area (Å²) in [6.45, 7) is 3.77. The zero-order chi connectivity index (χ0) is 30.0. The minimum Gasteiger partial charge on any atom is -0.508 e. The van der Waals surface area contributed by atoms with Crippen LogP contribution in [-0.2, 0) is 0 Å². The number of nitriles is 1. The van der Waals surface area contributed by atoms with E-state index >= 15 is 4.39 Å². The summed E-state index contributed by atoms with van der Waals surface area (Å²) >= 11 is 0. The number of hydrogen-bond acceptors (Lipinski definition) is 9. The van der Waals surface area contributed by atoms with Gasteiger partial charge in [0.05, 0.1) is 22.9 Å². The zero-order valence-corrected chi connectivity index (χ0v) is 24.3. The average Bonchev–Trinajstić information content (AvgIpc) is 3.70. The number of aromatic hydroxyl groups is 1. The van der Waals surface area contributed by atoms with E-state index in [0.717, 1.165) is 45.2 Å². The highest BCUT2D eigenvalue weighted by Gasteiger charge is 2.45. The standard InChI is InChI=1S/C34H32FN7O2/c1-2-20-6-3-7-21-13-24(43)14-25(28(20)21)30-29(35)31-26(16-37-30)32(41-17-23-12-22(15-36)27(18-41)38-23)40-33(39-31)44-19-34-8-4-10-42(34)11-5-9-34/h1,3,6-7,13-14,16,22-23,27,38,43H,4-5,8-12,17-19H2. The lowest BCUT2D eigenvalue weighted by Crippen LogP contribution is -2.52. The van der Waals surface area contributed by atoms with Crippen LogP contribution < -0.4 is 15.0 Å². The summed E-state index contributed by atoms with van der Waals surface area (Å²) < 4.78 is 23.2. The number of nitrogens with one attached hydrogen (secondary N) is 1. The molecule has 2 aromatic carbocycles. The van der Waals surface area contributed by atoms with Crippen molar-refractivity contribution in [1.82, 2.24) is 25.2 Å². The summed E-state index contributed by atoms with van der Waals surface area (Å²) in [7, 11) is 0. The van der Waals surface area contributed by atoms with Crippen molar-refractivity contribution in [1.29, 1.82) is 5.26 Å². The Balaban J connectivity index is 1.27. The largest absolute Gasteiger partial charge is 0.508 e. The molecule has 222 valence electrons. The van der Waals surface area contributed by atoms with Crippen molar-refractivity contribution < 1.29 is 14.2 Å². The molecule has 0 spiro atoms. The van der Waals surface area contributed by atoms with Gasteiger partial charge in [0, 0.05) is 47.9 Å². The van der Waals surface area contributed by atoms with E-state index in [0.29, 0.717) is 52.8 Å². The maximum atomic E-state index is 16.8. The lowest BCUT2D eigenvalue weighted by Gasteiger charge is -2.35. The normalized spacial score (nSPS) is 24.0. The molecular formula is C34H32FN7O2. The third-order valence-corrected chi connectivity index (χ3v) is 10.1. The summed E-state index contributed by atoms with van der Waals surface area (Å²) in [5.41, 5.74) is 1.07. The second-order valence-corrected chi connectivity index (χ2v) is 12.6. The van der Waals surface area contributed by atoms with E-state index in [-0.39, 0.29) is 46.5 Å². The molecule has 3 unspecified atom stereocenters. The van der Waals surface area contributed by atoms with Crippen LogP contribution in [-0.4, -0.2) is 75.4 Å². The van der Waals surface area contributed by atoms with Crippen LogP contribution in [0.4, 0.5) is 10.2 Å². The number of pyridine rings is 1. The zero-order valence-electron chi connectivity index (χ0n) is 24.3.